The molecule has 1 unspecified atom stereocenters. The van der Waals surface area contributed by atoms with Crippen molar-refractivity contribution in [2.24, 2.45) is 5.41 Å². The molecule has 1 rings (SSSR count). The molecule has 0 aromatic heterocycles. The van der Waals surface area contributed by atoms with Gasteiger partial charge in [-0.05, 0) is 5.56 Å². The molecule has 21 heavy (non-hydrogen) atoms. The average molecular weight is 306 g/mol. The predicted octanol–water partition coefficient (Wildman–Crippen LogP) is 3.78. The van der Waals surface area contributed by atoms with Gasteiger partial charge in [-0.2, -0.15) is 8.78 Å². The summed E-state index contributed by atoms with van der Waals surface area (Å²) >= 11 is 0. The van der Waals surface area contributed by atoms with Crippen LogP contribution >= 0.6 is 0 Å². The van der Waals surface area contributed by atoms with Crippen LogP contribution in [0.3, 0.4) is 0 Å². The van der Waals surface area contributed by atoms with Gasteiger partial charge in [0.05, 0.1) is 0 Å². The van der Waals surface area contributed by atoms with E-state index >= 15 is 0 Å². The maximum absolute atomic E-state index is 13.9. The fourth-order valence-corrected chi connectivity index (χ4v) is 1.80. The lowest BCUT2D eigenvalue weighted by Crippen LogP contribution is -2.52. The van der Waals surface area contributed by atoms with E-state index in [4.69, 9.17) is 0 Å². The number of halogens is 4. The topological polar surface area (TPSA) is 37.3 Å². The van der Waals surface area contributed by atoms with E-state index in [-0.39, 0.29) is 0 Å². The monoisotopic (exact) mass is 306 g/mol. The molecular weight excluding hydrogens is 288 g/mol. The lowest BCUT2D eigenvalue weighted by molar-refractivity contribution is -0.250. The molecule has 0 aliphatic rings. The van der Waals surface area contributed by atoms with Crippen molar-refractivity contribution in [2.45, 2.75) is 45.1 Å². The summed E-state index contributed by atoms with van der Waals surface area (Å²) in [6.07, 6.45) is -5.17. The van der Waals surface area contributed by atoms with Crippen molar-refractivity contribution in [2.75, 3.05) is 0 Å². The Labute approximate surface area is 120 Å². The van der Waals surface area contributed by atoms with E-state index in [1.807, 2.05) is 0 Å². The quantitative estimate of drug-likeness (QED) is 0.841. The lowest BCUT2D eigenvalue weighted by Gasteiger charge is -2.36. The highest BCUT2D eigenvalue weighted by atomic mass is 19.3. The van der Waals surface area contributed by atoms with Crippen LogP contribution in [-0.4, -0.2) is 23.2 Å². The summed E-state index contributed by atoms with van der Waals surface area (Å²) in [5.74, 6) is -5.47. The Morgan fingerprint density at radius 1 is 1.14 bits per heavy atom. The molecule has 0 heterocycles. The number of ketones is 1. The van der Waals surface area contributed by atoms with Gasteiger partial charge in [0.25, 0.3) is 0 Å². The van der Waals surface area contributed by atoms with Crippen molar-refractivity contribution in [3.63, 3.8) is 0 Å². The number of hydrogen-bond donors (Lipinski definition) is 1. The molecule has 2 nitrogen and oxygen atoms in total. The molecule has 1 N–H and O–H groups in total. The van der Waals surface area contributed by atoms with Crippen molar-refractivity contribution in [1.29, 1.82) is 0 Å². The molecule has 0 bridgehead atoms. The molecule has 6 heteroatoms. The number of hydrogen-bond acceptors (Lipinski definition) is 2. The van der Waals surface area contributed by atoms with E-state index in [0.29, 0.717) is 0 Å². The van der Waals surface area contributed by atoms with Crippen LogP contribution in [0.25, 0.3) is 0 Å². The van der Waals surface area contributed by atoms with E-state index in [1.54, 1.807) is 0 Å². The summed E-state index contributed by atoms with van der Waals surface area (Å²) in [6.45, 7) is 4.42. The molecular formula is C15H18F4O2. The van der Waals surface area contributed by atoms with Crippen LogP contribution in [0.15, 0.2) is 30.3 Å². The summed E-state index contributed by atoms with van der Waals surface area (Å²) < 4.78 is 53.2. The maximum Gasteiger partial charge on any atom is 0.339 e. The van der Waals surface area contributed by atoms with Crippen molar-refractivity contribution in [3.05, 3.63) is 35.9 Å². The van der Waals surface area contributed by atoms with Gasteiger partial charge < -0.3 is 5.11 Å². The Morgan fingerprint density at radius 3 is 2.00 bits per heavy atom. The molecule has 118 valence electrons. The lowest BCUT2D eigenvalue weighted by atomic mass is 9.77. The number of rotatable bonds is 5. The zero-order chi connectivity index (χ0) is 16.5. The Morgan fingerprint density at radius 2 is 1.62 bits per heavy atom. The normalized spacial score (nSPS) is 15.9. The standard InChI is InChI=1S/C15H18F4O2/c1-13(2,3)11(20)9-14(21,15(18,19)12(16)17)10-7-5-4-6-8-10/h4-8,12,21H,9H2,1-3H3. The highest BCUT2D eigenvalue weighted by Gasteiger charge is 2.61. The molecule has 1 atom stereocenters. The Balaban J connectivity index is 3.35. The number of alkyl halides is 4. The zero-order valence-electron chi connectivity index (χ0n) is 12.0. The molecule has 0 radical (unpaired) electrons. The Kier molecular flexibility index (Phi) is 4.83. The first kappa shape index (κ1) is 17.6. The molecule has 1 aromatic rings. The molecule has 0 amide bonds. The predicted molar refractivity (Wildman–Crippen MR) is 70.4 cm³/mol. The van der Waals surface area contributed by atoms with Crippen LogP contribution in [-0.2, 0) is 10.4 Å². The van der Waals surface area contributed by atoms with Gasteiger partial charge in [-0.25, -0.2) is 8.78 Å². The average Bonchev–Trinajstić information content (AvgIpc) is 2.38. The van der Waals surface area contributed by atoms with Gasteiger partial charge in [0.2, 0.25) is 0 Å². The molecule has 0 saturated carbocycles. The van der Waals surface area contributed by atoms with Crippen molar-refractivity contribution < 1.29 is 27.5 Å². The highest BCUT2D eigenvalue weighted by molar-refractivity contribution is 5.84. The smallest absolute Gasteiger partial charge is 0.339 e. The summed E-state index contributed by atoms with van der Waals surface area (Å²) in [5.41, 5.74) is -4.68. The van der Waals surface area contributed by atoms with Crippen LogP contribution in [0.2, 0.25) is 0 Å². The second-order valence-electron chi connectivity index (χ2n) is 6.00. The van der Waals surface area contributed by atoms with Crippen molar-refractivity contribution >= 4 is 5.78 Å². The van der Waals surface area contributed by atoms with Crippen LogP contribution in [0, 0.1) is 5.41 Å². The van der Waals surface area contributed by atoms with E-state index in [2.05, 4.69) is 0 Å². The minimum Gasteiger partial charge on any atom is -0.378 e. The minimum atomic E-state index is -4.74. The number of carbonyl (C=O) groups excluding carboxylic acids is 1. The minimum absolute atomic E-state index is 0.409. The number of carbonyl (C=O) groups is 1. The van der Waals surface area contributed by atoms with E-state index < -0.39 is 41.1 Å². The summed E-state index contributed by atoms with van der Waals surface area (Å²) in [4.78, 5) is 12.0. The van der Waals surface area contributed by atoms with Crippen LogP contribution in [0.5, 0.6) is 0 Å². The Bertz CT molecular complexity index is 494. The summed E-state index contributed by atoms with van der Waals surface area (Å²) in [5, 5.41) is 10.3. The number of aliphatic hydroxyl groups is 1. The fourth-order valence-electron chi connectivity index (χ4n) is 1.80. The van der Waals surface area contributed by atoms with Gasteiger partial charge in [0.1, 0.15) is 5.78 Å². The first-order chi connectivity index (χ1) is 9.43. The van der Waals surface area contributed by atoms with Gasteiger partial charge in [-0.3, -0.25) is 4.79 Å². The zero-order valence-corrected chi connectivity index (χ0v) is 12.0. The fraction of sp³-hybridized carbons (Fsp3) is 0.533. The molecule has 0 aliphatic carbocycles. The molecule has 1 aromatic carbocycles. The molecule has 0 fully saturated rings. The summed E-state index contributed by atoms with van der Waals surface area (Å²) in [6, 6.07) is 6.38. The third kappa shape index (κ3) is 3.43. The van der Waals surface area contributed by atoms with Gasteiger partial charge >= 0.3 is 12.3 Å². The summed E-state index contributed by atoms with van der Waals surface area (Å²) in [7, 11) is 0. The largest absolute Gasteiger partial charge is 0.378 e. The van der Waals surface area contributed by atoms with Crippen molar-refractivity contribution in [3.8, 4) is 0 Å². The second kappa shape index (κ2) is 5.75. The number of Topliss-reactive ketones (excluding diaryl/α,β-unsaturated/α-hetero) is 1. The third-order valence-corrected chi connectivity index (χ3v) is 3.33. The molecule has 0 spiro atoms. The maximum atomic E-state index is 13.9. The first-order valence-corrected chi connectivity index (χ1v) is 6.40. The van der Waals surface area contributed by atoms with Crippen LogP contribution in [0.4, 0.5) is 17.6 Å². The highest BCUT2D eigenvalue weighted by Crippen LogP contribution is 2.45. The Hall–Kier alpha value is -1.43. The van der Waals surface area contributed by atoms with Gasteiger partial charge in [-0.15, -0.1) is 0 Å². The third-order valence-electron chi connectivity index (χ3n) is 3.33. The SMILES string of the molecule is CC(C)(C)C(=O)CC(O)(c1ccccc1)C(F)(F)C(F)F. The van der Waals surface area contributed by atoms with Crippen molar-refractivity contribution in [1.82, 2.24) is 0 Å². The number of benzene rings is 1. The molecule has 0 saturated heterocycles. The van der Waals surface area contributed by atoms with Crippen LogP contribution < -0.4 is 0 Å². The van der Waals surface area contributed by atoms with E-state index in [9.17, 15) is 27.5 Å². The van der Waals surface area contributed by atoms with Gasteiger partial charge in [-0.1, -0.05) is 51.1 Å². The first-order valence-electron chi connectivity index (χ1n) is 6.40. The van der Waals surface area contributed by atoms with Gasteiger partial charge in [0, 0.05) is 11.8 Å². The van der Waals surface area contributed by atoms with Crippen LogP contribution in [0.1, 0.15) is 32.8 Å². The molecule has 0 aliphatic heterocycles. The van der Waals surface area contributed by atoms with Gasteiger partial charge in [0.15, 0.2) is 5.60 Å². The van der Waals surface area contributed by atoms with E-state index in [1.165, 1.54) is 39.0 Å². The second-order valence-corrected chi connectivity index (χ2v) is 6.00. The van der Waals surface area contributed by atoms with E-state index in [0.717, 1.165) is 12.1 Å².